The number of halogens is 1. The van der Waals surface area contributed by atoms with E-state index in [0.29, 0.717) is 12.8 Å². The summed E-state index contributed by atoms with van der Waals surface area (Å²) in [4.78, 5) is 23.0. The summed E-state index contributed by atoms with van der Waals surface area (Å²) in [6.07, 6.45) is 1.29. The first-order valence-electron chi connectivity index (χ1n) is 7.95. The van der Waals surface area contributed by atoms with E-state index >= 15 is 0 Å². The van der Waals surface area contributed by atoms with Crippen molar-refractivity contribution in [2.24, 2.45) is 0 Å². The molecule has 1 fully saturated rings. The molecule has 25 heavy (non-hydrogen) atoms. The van der Waals surface area contributed by atoms with Crippen molar-refractivity contribution in [3.05, 3.63) is 74.8 Å². The maximum atomic E-state index is 12.7. The molecule has 0 aliphatic carbocycles. The second-order valence-electron chi connectivity index (χ2n) is 5.92. The molecule has 0 radical (unpaired) electrons. The molecule has 0 amide bonds. The van der Waals surface area contributed by atoms with E-state index in [4.69, 9.17) is 16.3 Å². The quantitative estimate of drug-likeness (QED) is 0.511. The highest BCUT2D eigenvalue weighted by Crippen LogP contribution is 2.36. The molecule has 1 heterocycles. The molecular weight excluding hydrogens is 344 g/mol. The second kappa shape index (κ2) is 7.21. The van der Waals surface area contributed by atoms with E-state index < -0.39 is 16.5 Å². The number of piperidine rings is 1. The minimum Gasteiger partial charge on any atom is -0.450 e. The van der Waals surface area contributed by atoms with Crippen LogP contribution < -0.4 is 5.32 Å². The zero-order valence-electron chi connectivity index (χ0n) is 13.4. The summed E-state index contributed by atoms with van der Waals surface area (Å²) in [5.41, 5.74) is 0.166. The van der Waals surface area contributed by atoms with Crippen molar-refractivity contribution in [3.63, 3.8) is 0 Å². The van der Waals surface area contributed by atoms with Crippen LogP contribution in [-0.4, -0.2) is 24.0 Å². The number of hydrogen-bond donors (Lipinski definition) is 1. The van der Waals surface area contributed by atoms with Gasteiger partial charge in [0.1, 0.15) is 5.60 Å². The number of non-ortho nitro benzene ring substituents is 1. The van der Waals surface area contributed by atoms with Crippen molar-refractivity contribution >= 4 is 23.3 Å². The van der Waals surface area contributed by atoms with Gasteiger partial charge in [-0.3, -0.25) is 10.1 Å². The Bertz CT molecular complexity index is 789. The van der Waals surface area contributed by atoms with Gasteiger partial charge in [-0.15, -0.1) is 0 Å². The van der Waals surface area contributed by atoms with Crippen LogP contribution in [0.25, 0.3) is 0 Å². The van der Waals surface area contributed by atoms with Gasteiger partial charge in [-0.1, -0.05) is 41.9 Å². The molecule has 0 unspecified atom stereocenters. The number of carbonyl (C=O) groups excluding carboxylic acids is 1. The molecule has 0 saturated carbocycles. The van der Waals surface area contributed by atoms with Crippen molar-refractivity contribution in [2.75, 3.05) is 13.1 Å². The molecule has 2 aromatic carbocycles. The third kappa shape index (κ3) is 3.65. The van der Waals surface area contributed by atoms with Gasteiger partial charge in [0.15, 0.2) is 0 Å². The van der Waals surface area contributed by atoms with Gasteiger partial charge in [-0.05, 0) is 24.7 Å². The molecule has 7 heteroatoms. The molecule has 0 atom stereocenters. The number of rotatable bonds is 4. The van der Waals surface area contributed by atoms with Crippen LogP contribution in [0, 0.1) is 10.1 Å². The van der Waals surface area contributed by atoms with Gasteiger partial charge in [0.25, 0.3) is 5.69 Å². The highest BCUT2D eigenvalue weighted by atomic mass is 35.5. The molecule has 0 aromatic heterocycles. The third-order valence-electron chi connectivity index (χ3n) is 4.38. The number of nitrogens with one attached hydrogen (secondary N) is 1. The number of nitro groups is 1. The number of nitrogens with zero attached hydrogens (tertiary/aromatic N) is 1. The van der Waals surface area contributed by atoms with Crippen LogP contribution in [0.15, 0.2) is 48.5 Å². The third-order valence-corrected chi connectivity index (χ3v) is 4.70. The van der Waals surface area contributed by atoms with Crippen molar-refractivity contribution in [2.45, 2.75) is 18.4 Å². The highest BCUT2D eigenvalue weighted by Gasteiger charge is 2.38. The Morgan fingerprint density at radius 3 is 2.44 bits per heavy atom. The van der Waals surface area contributed by atoms with Crippen LogP contribution in [0.3, 0.4) is 0 Å². The van der Waals surface area contributed by atoms with Crippen molar-refractivity contribution in [1.82, 2.24) is 5.32 Å². The molecule has 1 aliphatic rings. The Balaban J connectivity index is 1.90. The topological polar surface area (TPSA) is 81.5 Å². The minimum absolute atomic E-state index is 0.0105. The van der Waals surface area contributed by atoms with E-state index in [0.717, 1.165) is 24.7 Å². The van der Waals surface area contributed by atoms with Crippen LogP contribution >= 0.6 is 11.6 Å². The Kier molecular flexibility index (Phi) is 5.01. The van der Waals surface area contributed by atoms with Gasteiger partial charge in [-0.25, -0.2) is 4.79 Å². The number of nitro benzene ring substituents is 1. The maximum Gasteiger partial charge on any atom is 0.340 e. The second-order valence-corrected chi connectivity index (χ2v) is 6.33. The lowest BCUT2D eigenvalue weighted by Gasteiger charge is -2.37. The first-order chi connectivity index (χ1) is 12.0. The summed E-state index contributed by atoms with van der Waals surface area (Å²) in [6.45, 7) is 1.46. The summed E-state index contributed by atoms with van der Waals surface area (Å²) < 4.78 is 5.90. The largest absolute Gasteiger partial charge is 0.450 e. The fourth-order valence-corrected chi connectivity index (χ4v) is 3.29. The van der Waals surface area contributed by atoms with E-state index in [1.54, 1.807) is 0 Å². The fourth-order valence-electron chi connectivity index (χ4n) is 3.04. The van der Waals surface area contributed by atoms with E-state index in [1.807, 2.05) is 30.3 Å². The first-order valence-corrected chi connectivity index (χ1v) is 8.33. The Morgan fingerprint density at radius 1 is 1.16 bits per heavy atom. The smallest absolute Gasteiger partial charge is 0.340 e. The molecule has 1 aliphatic heterocycles. The number of esters is 1. The lowest BCUT2D eigenvalue weighted by Crippen LogP contribution is -2.43. The van der Waals surface area contributed by atoms with Gasteiger partial charge in [0.05, 0.1) is 15.5 Å². The SMILES string of the molecule is O=C(OC1(c2ccccc2)CCNCC1)c1ccc([N+](=O)[O-])cc1Cl. The molecule has 1 N–H and O–H groups in total. The summed E-state index contributed by atoms with van der Waals surface area (Å²) in [6, 6.07) is 13.4. The van der Waals surface area contributed by atoms with Crippen LogP contribution in [-0.2, 0) is 10.3 Å². The molecule has 6 nitrogen and oxygen atoms in total. The van der Waals surface area contributed by atoms with E-state index in [9.17, 15) is 14.9 Å². The Morgan fingerprint density at radius 2 is 1.84 bits per heavy atom. The number of ether oxygens (including phenoxy) is 1. The van der Waals surface area contributed by atoms with Gasteiger partial charge >= 0.3 is 5.97 Å². The lowest BCUT2D eigenvalue weighted by atomic mass is 9.84. The summed E-state index contributed by atoms with van der Waals surface area (Å²) in [7, 11) is 0. The molecule has 1 saturated heterocycles. The molecule has 0 bridgehead atoms. The monoisotopic (exact) mass is 360 g/mol. The molecular formula is C18H17ClN2O4. The van der Waals surface area contributed by atoms with E-state index in [1.165, 1.54) is 12.1 Å². The lowest BCUT2D eigenvalue weighted by molar-refractivity contribution is -0.384. The molecule has 130 valence electrons. The molecule has 3 rings (SSSR count). The first kappa shape index (κ1) is 17.4. The number of hydrogen-bond acceptors (Lipinski definition) is 5. The highest BCUT2D eigenvalue weighted by molar-refractivity contribution is 6.33. The van der Waals surface area contributed by atoms with Crippen LogP contribution in [0.5, 0.6) is 0 Å². The average molecular weight is 361 g/mol. The van der Waals surface area contributed by atoms with Crippen LogP contribution in [0.2, 0.25) is 5.02 Å². The van der Waals surface area contributed by atoms with Crippen molar-refractivity contribution in [1.29, 1.82) is 0 Å². The molecule has 2 aromatic rings. The predicted molar refractivity (Wildman–Crippen MR) is 93.7 cm³/mol. The fraction of sp³-hybridized carbons (Fsp3) is 0.278. The van der Waals surface area contributed by atoms with Gasteiger partial charge in [0.2, 0.25) is 0 Å². The summed E-state index contributed by atoms with van der Waals surface area (Å²) in [5.74, 6) is -0.578. The zero-order chi connectivity index (χ0) is 17.9. The Hall–Kier alpha value is -2.44. The molecule has 0 spiro atoms. The van der Waals surface area contributed by atoms with E-state index in [-0.39, 0.29) is 16.3 Å². The van der Waals surface area contributed by atoms with Gasteiger partial charge < -0.3 is 10.1 Å². The maximum absolute atomic E-state index is 12.7. The predicted octanol–water partition coefficient (Wildman–Crippen LogP) is 3.68. The van der Waals surface area contributed by atoms with Gasteiger partial charge in [-0.2, -0.15) is 0 Å². The minimum atomic E-state index is -0.727. The van der Waals surface area contributed by atoms with Crippen molar-refractivity contribution in [3.8, 4) is 0 Å². The standard InChI is InChI=1S/C18H17ClN2O4/c19-16-12-14(21(23)24)6-7-15(16)17(22)25-18(8-10-20-11-9-18)13-4-2-1-3-5-13/h1-7,12,20H,8-11H2. The number of carbonyl (C=O) groups is 1. The summed E-state index contributed by atoms with van der Waals surface area (Å²) in [5, 5.41) is 14.1. The van der Waals surface area contributed by atoms with Crippen LogP contribution in [0.1, 0.15) is 28.8 Å². The average Bonchev–Trinajstić information content (AvgIpc) is 2.63. The number of benzene rings is 2. The van der Waals surface area contributed by atoms with Crippen molar-refractivity contribution < 1.29 is 14.5 Å². The van der Waals surface area contributed by atoms with E-state index in [2.05, 4.69) is 5.32 Å². The van der Waals surface area contributed by atoms with Crippen LogP contribution in [0.4, 0.5) is 5.69 Å². The Labute approximate surface area is 149 Å². The normalized spacial score (nSPS) is 16.2. The van der Waals surface area contributed by atoms with Gasteiger partial charge in [0, 0.05) is 25.0 Å². The summed E-state index contributed by atoms with van der Waals surface area (Å²) >= 11 is 6.06. The zero-order valence-corrected chi connectivity index (χ0v) is 14.2.